The van der Waals surface area contributed by atoms with Gasteiger partial charge in [-0.3, -0.25) is 9.52 Å². The van der Waals surface area contributed by atoms with Crippen molar-refractivity contribution in [2.75, 3.05) is 16.6 Å². The maximum atomic E-state index is 12.7. The van der Waals surface area contributed by atoms with E-state index >= 15 is 0 Å². The fourth-order valence-corrected chi connectivity index (χ4v) is 4.14. The molecule has 1 heterocycles. The van der Waals surface area contributed by atoms with E-state index in [0.29, 0.717) is 29.5 Å². The van der Waals surface area contributed by atoms with Crippen LogP contribution in [0.25, 0.3) is 0 Å². The van der Waals surface area contributed by atoms with E-state index in [9.17, 15) is 13.2 Å². The second-order valence-electron chi connectivity index (χ2n) is 6.78. The topological polar surface area (TPSA) is 93.7 Å². The van der Waals surface area contributed by atoms with Gasteiger partial charge in [0.05, 0.1) is 22.8 Å². The molecule has 0 spiro atoms. The fourth-order valence-electron chi connectivity index (χ4n) is 3.09. The molecule has 1 aliphatic heterocycles. The summed E-state index contributed by atoms with van der Waals surface area (Å²) >= 11 is 0. The normalized spacial score (nSPS) is 12.7. The number of carbonyl (C=O) groups is 1. The molecule has 3 aromatic carbocycles. The Balaban J connectivity index is 1.61. The van der Waals surface area contributed by atoms with Crippen molar-refractivity contribution in [1.82, 2.24) is 0 Å². The largest absolute Gasteiger partial charge is 0.494 e. The van der Waals surface area contributed by atoms with Crippen LogP contribution in [0.4, 0.5) is 11.4 Å². The van der Waals surface area contributed by atoms with Crippen molar-refractivity contribution in [3.05, 3.63) is 71.8 Å². The molecule has 0 atom stereocenters. The average molecular weight is 424 g/mol. The first-order valence-electron chi connectivity index (χ1n) is 9.35. The lowest BCUT2D eigenvalue weighted by molar-refractivity contribution is 0.102. The lowest BCUT2D eigenvalue weighted by atomic mass is 10.1. The maximum absolute atomic E-state index is 12.7. The third-order valence-corrected chi connectivity index (χ3v) is 5.92. The van der Waals surface area contributed by atoms with E-state index in [4.69, 9.17) is 9.47 Å². The van der Waals surface area contributed by atoms with Crippen molar-refractivity contribution >= 4 is 27.3 Å². The lowest BCUT2D eigenvalue weighted by Gasteiger charge is -2.12. The van der Waals surface area contributed by atoms with E-state index in [1.54, 1.807) is 30.3 Å². The van der Waals surface area contributed by atoms with Crippen LogP contribution < -0.4 is 19.5 Å². The van der Waals surface area contributed by atoms with Crippen molar-refractivity contribution in [1.29, 1.82) is 0 Å². The number of benzene rings is 3. The summed E-state index contributed by atoms with van der Waals surface area (Å²) < 4.78 is 39.1. The van der Waals surface area contributed by atoms with E-state index in [1.807, 2.05) is 26.0 Å². The number of rotatable bonds is 5. The number of hydrogen-bond acceptors (Lipinski definition) is 5. The van der Waals surface area contributed by atoms with Gasteiger partial charge in [0, 0.05) is 5.69 Å². The van der Waals surface area contributed by atoms with Gasteiger partial charge in [-0.15, -0.1) is 0 Å². The van der Waals surface area contributed by atoms with Gasteiger partial charge in [0.15, 0.2) is 5.75 Å². The molecule has 3 aromatic rings. The molecule has 0 aliphatic carbocycles. The Labute approximate surface area is 174 Å². The molecule has 0 aromatic heterocycles. The molecule has 1 aliphatic rings. The van der Waals surface area contributed by atoms with Gasteiger partial charge in [0.2, 0.25) is 0 Å². The lowest BCUT2D eigenvalue weighted by Crippen LogP contribution is -2.15. The minimum absolute atomic E-state index is 0.0875. The Kier molecular flexibility index (Phi) is 5.09. The average Bonchev–Trinajstić information content (AvgIpc) is 2.84. The number of amides is 1. The van der Waals surface area contributed by atoms with Gasteiger partial charge in [-0.05, 0) is 74.0 Å². The molecule has 4 rings (SSSR count). The van der Waals surface area contributed by atoms with Gasteiger partial charge >= 0.3 is 0 Å². The number of hydrogen-bond donors (Lipinski definition) is 2. The maximum Gasteiger partial charge on any atom is 0.261 e. The van der Waals surface area contributed by atoms with Crippen LogP contribution in [0.1, 0.15) is 22.8 Å². The van der Waals surface area contributed by atoms with Crippen LogP contribution >= 0.6 is 0 Å². The van der Waals surface area contributed by atoms with E-state index in [0.717, 1.165) is 5.56 Å². The highest BCUT2D eigenvalue weighted by molar-refractivity contribution is 7.92. The summed E-state index contributed by atoms with van der Waals surface area (Å²) in [6, 6.07) is 16.2. The summed E-state index contributed by atoms with van der Waals surface area (Å²) in [5, 5.41) is 2.80. The number of aryl methyl sites for hydroxylation is 1. The number of fused-ring (bicyclic) bond motifs is 2. The Morgan fingerprint density at radius 3 is 2.47 bits per heavy atom. The smallest absolute Gasteiger partial charge is 0.261 e. The summed E-state index contributed by atoms with van der Waals surface area (Å²) in [7, 11) is -3.84. The standard InChI is InChI=1S/C22H20N2O5S/c1-3-28-16-6-8-17(9-7-16)30(26,27)24-15-5-11-20-18(13-15)22(25)23-19-12-14(2)4-10-21(19)29-20/h4-13,24H,3H2,1-2H3,(H,23,25). The molecule has 0 fully saturated rings. The number of ether oxygens (including phenoxy) is 2. The van der Waals surface area contributed by atoms with Crippen LogP contribution in [0.3, 0.4) is 0 Å². The molecule has 0 unspecified atom stereocenters. The monoisotopic (exact) mass is 424 g/mol. The van der Waals surface area contributed by atoms with Crippen LogP contribution in [0.2, 0.25) is 0 Å². The van der Waals surface area contributed by atoms with Crippen LogP contribution in [-0.2, 0) is 10.0 Å². The third-order valence-electron chi connectivity index (χ3n) is 4.52. The zero-order valence-corrected chi connectivity index (χ0v) is 17.2. The first-order chi connectivity index (χ1) is 14.4. The van der Waals surface area contributed by atoms with Gasteiger partial charge in [0.25, 0.3) is 15.9 Å². The van der Waals surface area contributed by atoms with E-state index in [1.165, 1.54) is 18.2 Å². The van der Waals surface area contributed by atoms with E-state index < -0.39 is 10.0 Å². The molecular weight excluding hydrogens is 404 g/mol. The van der Waals surface area contributed by atoms with Gasteiger partial charge in [0.1, 0.15) is 11.5 Å². The molecule has 8 heteroatoms. The number of anilines is 2. The third kappa shape index (κ3) is 3.95. The second-order valence-corrected chi connectivity index (χ2v) is 8.46. The Hall–Kier alpha value is -3.52. The number of nitrogens with one attached hydrogen (secondary N) is 2. The molecule has 0 radical (unpaired) electrons. The van der Waals surface area contributed by atoms with Crippen molar-refractivity contribution in [2.45, 2.75) is 18.7 Å². The van der Waals surface area contributed by atoms with Crippen molar-refractivity contribution in [3.8, 4) is 17.2 Å². The summed E-state index contributed by atoms with van der Waals surface area (Å²) in [5.41, 5.74) is 2.03. The Bertz CT molecular complexity index is 1220. The summed E-state index contributed by atoms with van der Waals surface area (Å²) in [6.07, 6.45) is 0. The SMILES string of the molecule is CCOc1ccc(S(=O)(=O)Nc2ccc3c(c2)C(=O)Nc2cc(C)ccc2O3)cc1. The number of sulfonamides is 1. The zero-order valence-electron chi connectivity index (χ0n) is 16.4. The van der Waals surface area contributed by atoms with E-state index in [-0.39, 0.29) is 22.1 Å². The van der Waals surface area contributed by atoms with Crippen LogP contribution in [0.5, 0.6) is 17.2 Å². The van der Waals surface area contributed by atoms with E-state index in [2.05, 4.69) is 10.0 Å². The highest BCUT2D eigenvalue weighted by atomic mass is 32.2. The minimum Gasteiger partial charge on any atom is -0.494 e. The Morgan fingerprint density at radius 2 is 1.73 bits per heavy atom. The van der Waals surface area contributed by atoms with Crippen LogP contribution in [-0.4, -0.2) is 20.9 Å². The molecule has 154 valence electrons. The van der Waals surface area contributed by atoms with Gasteiger partial charge in [-0.25, -0.2) is 8.42 Å². The fraction of sp³-hybridized carbons (Fsp3) is 0.136. The molecule has 30 heavy (non-hydrogen) atoms. The second kappa shape index (κ2) is 7.72. The molecule has 0 saturated carbocycles. The first kappa shape index (κ1) is 19.8. The predicted molar refractivity (Wildman–Crippen MR) is 114 cm³/mol. The molecule has 7 nitrogen and oxygen atoms in total. The highest BCUT2D eigenvalue weighted by Gasteiger charge is 2.22. The van der Waals surface area contributed by atoms with Crippen molar-refractivity contribution in [3.63, 3.8) is 0 Å². The number of carbonyl (C=O) groups excluding carboxylic acids is 1. The predicted octanol–water partition coefficient (Wildman–Crippen LogP) is 4.55. The summed E-state index contributed by atoms with van der Waals surface area (Å²) in [6.45, 7) is 4.26. The van der Waals surface area contributed by atoms with Crippen molar-refractivity contribution < 1.29 is 22.7 Å². The molecule has 0 saturated heterocycles. The molecule has 1 amide bonds. The zero-order chi connectivity index (χ0) is 21.3. The first-order valence-corrected chi connectivity index (χ1v) is 10.8. The molecule has 0 bridgehead atoms. The summed E-state index contributed by atoms with van der Waals surface area (Å²) in [5.74, 6) is 1.08. The van der Waals surface area contributed by atoms with Gasteiger partial charge < -0.3 is 14.8 Å². The summed E-state index contributed by atoms with van der Waals surface area (Å²) in [4.78, 5) is 12.8. The van der Waals surface area contributed by atoms with Crippen LogP contribution in [0.15, 0.2) is 65.6 Å². The molecule has 2 N–H and O–H groups in total. The molecular formula is C22H20N2O5S. The van der Waals surface area contributed by atoms with Crippen LogP contribution in [0, 0.1) is 6.92 Å². The van der Waals surface area contributed by atoms with Crippen molar-refractivity contribution in [2.24, 2.45) is 0 Å². The minimum atomic E-state index is -3.84. The highest BCUT2D eigenvalue weighted by Crippen LogP contribution is 2.37. The Morgan fingerprint density at radius 1 is 1.00 bits per heavy atom. The van der Waals surface area contributed by atoms with Gasteiger partial charge in [-0.2, -0.15) is 0 Å². The quantitative estimate of drug-likeness (QED) is 0.627. The van der Waals surface area contributed by atoms with Gasteiger partial charge in [-0.1, -0.05) is 6.07 Å².